The SMILES string of the molecule is CCc1ccccc1NC(=O)CC1C(=O)NCCN1C(=O)CN1CCN(c2ccc(OC)cc2)CC1. The minimum Gasteiger partial charge on any atom is -0.497 e. The van der Waals surface area contributed by atoms with Crippen molar-refractivity contribution < 1.29 is 19.1 Å². The molecule has 2 saturated heterocycles. The molecule has 36 heavy (non-hydrogen) atoms. The van der Waals surface area contributed by atoms with Crippen LogP contribution in [0.15, 0.2) is 48.5 Å². The van der Waals surface area contributed by atoms with Crippen LogP contribution in [-0.4, -0.2) is 86.5 Å². The smallest absolute Gasteiger partial charge is 0.243 e. The number of methoxy groups -OCH3 is 1. The molecule has 2 aromatic carbocycles. The number of carbonyl (C=O) groups excluding carboxylic acids is 3. The van der Waals surface area contributed by atoms with E-state index in [4.69, 9.17) is 4.74 Å². The Hall–Kier alpha value is -3.59. The molecule has 2 fully saturated rings. The van der Waals surface area contributed by atoms with Crippen molar-refractivity contribution in [2.75, 3.05) is 63.1 Å². The minimum atomic E-state index is -0.805. The van der Waals surface area contributed by atoms with Gasteiger partial charge in [-0.1, -0.05) is 25.1 Å². The maximum atomic E-state index is 13.2. The van der Waals surface area contributed by atoms with Crippen molar-refractivity contribution in [3.8, 4) is 5.75 Å². The zero-order chi connectivity index (χ0) is 25.5. The number of rotatable bonds is 8. The molecule has 0 aliphatic carbocycles. The van der Waals surface area contributed by atoms with Crippen molar-refractivity contribution in [3.63, 3.8) is 0 Å². The molecule has 0 saturated carbocycles. The average molecular weight is 494 g/mol. The molecule has 9 heteroatoms. The topological polar surface area (TPSA) is 94.2 Å². The summed E-state index contributed by atoms with van der Waals surface area (Å²) in [5.74, 6) is 0.155. The van der Waals surface area contributed by atoms with Gasteiger partial charge in [-0.3, -0.25) is 19.3 Å². The van der Waals surface area contributed by atoms with E-state index in [-0.39, 0.29) is 30.7 Å². The number of anilines is 2. The molecule has 0 spiro atoms. The first-order chi connectivity index (χ1) is 17.5. The number of amides is 3. The molecule has 1 atom stereocenters. The van der Waals surface area contributed by atoms with Crippen LogP contribution in [0.4, 0.5) is 11.4 Å². The van der Waals surface area contributed by atoms with Gasteiger partial charge in [-0.15, -0.1) is 0 Å². The van der Waals surface area contributed by atoms with E-state index in [9.17, 15) is 14.4 Å². The van der Waals surface area contributed by atoms with Gasteiger partial charge in [-0.25, -0.2) is 0 Å². The second-order valence-electron chi connectivity index (χ2n) is 9.12. The highest BCUT2D eigenvalue weighted by Gasteiger charge is 2.35. The highest BCUT2D eigenvalue weighted by Crippen LogP contribution is 2.21. The lowest BCUT2D eigenvalue weighted by Crippen LogP contribution is -2.60. The van der Waals surface area contributed by atoms with E-state index in [2.05, 4.69) is 20.4 Å². The van der Waals surface area contributed by atoms with Gasteiger partial charge in [0.1, 0.15) is 11.8 Å². The maximum Gasteiger partial charge on any atom is 0.243 e. The number of benzene rings is 2. The third-order valence-electron chi connectivity index (χ3n) is 6.87. The van der Waals surface area contributed by atoms with Crippen molar-refractivity contribution in [3.05, 3.63) is 54.1 Å². The Morgan fingerprint density at radius 3 is 2.44 bits per heavy atom. The molecule has 4 rings (SSSR count). The zero-order valence-electron chi connectivity index (χ0n) is 21.0. The molecular weight excluding hydrogens is 458 g/mol. The van der Waals surface area contributed by atoms with Gasteiger partial charge >= 0.3 is 0 Å². The number of hydrogen-bond acceptors (Lipinski definition) is 6. The van der Waals surface area contributed by atoms with E-state index in [1.54, 1.807) is 12.0 Å². The van der Waals surface area contributed by atoms with Crippen LogP contribution in [0.1, 0.15) is 18.9 Å². The summed E-state index contributed by atoms with van der Waals surface area (Å²) in [4.78, 5) is 44.7. The summed E-state index contributed by atoms with van der Waals surface area (Å²) in [5, 5.41) is 5.72. The van der Waals surface area contributed by atoms with Gasteiger partial charge in [-0.05, 0) is 42.3 Å². The Morgan fingerprint density at radius 1 is 1.03 bits per heavy atom. The van der Waals surface area contributed by atoms with Gasteiger partial charge in [0.2, 0.25) is 17.7 Å². The van der Waals surface area contributed by atoms with Crippen molar-refractivity contribution in [1.82, 2.24) is 15.1 Å². The molecule has 192 valence electrons. The fourth-order valence-electron chi connectivity index (χ4n) is 4.78. The summed E-state index contributed by atoms with van der Waals surface area (Å²) in [5.41, 5.74) is 2.90. The minimum absolute atomic E-state index is 0.0686. The monoisotopic (exact) mass is 493 g/mol. The molecule has 2 N–H and O–H groups in total. The van der Waals surface area contributed by atoms with E-state index in [1.807, 2.05) is 55.5 Å². The largest absolute Gasteiger partial charge is 0.497 e. The number of piperazine rings is 2. The summed E-state index contributed by atoms with van der Waals surface area (Å²) in [6.45, 7) is 6.17. The number of nitrogens with one attached hydrogen (secondary N) is 2. The Bertz CT molecular complexity index is 1070. The second kappa shape index (κ2) is 11.9. The lowest BCUT2D eigenvalue weighted by Gasteiger charge is -2.39. The highest BCUT2D eigenvalue weighted by atomic mass is 16.5. The molecule has 2 aliphatic heterocycles. The number of aryl methyl sites for hydroxylation is 1. The Morgan fingerprint density at radius 2 is 1.75 bits per heavy atom. The summed E-state index contributed by atoms with van der Waals surface area (Å²) in [6, 6.07) is 14.8. The molecule has 2 aliphatic rings. The van der Waals surface area contributed by atoms with Crippen molar-refractivity contribution in [2.24, 2.45) is 0 Å². The van der Waals surface area contributed by atoms with Gasteiger partial charge in [0.25, 0.3) is 0 Å². The van der Waals surface area contributed by atoms with Gasteiger partial charge in [0.15, 0.2) is 0 Å². The van der Waals surface area contributed by atoms with Crippen LogP contribution in [-0.2, 0) is 20.8 Å². The zero-order valence-corrected chi connectivity index (χ0v) is 21.0. The first-order valence-electron chi connectivity index (χ1n) is 12.5. The molecule has 0 aromatic heterocycles. The number of ether oxygens (including phenoxy) is 1. The van der Waals surface area contributed by atoms with Crippen LogP contribution < -0.4 is 20.3 Å². The molecule has 1 unspecified atom stereocenters. The summed E-state index contributed by atoms with van der Waals surface area (Å²) < 4.78 is 5.23. The lowest BCUT2D eigenvalue weighted by atomic mass is 10.1. The van der Waals surface area contributed by atoms with E-state index < -0.39 is 6.04 Å². The predicted octanol–water partition coefficient (Wildman–Crippen LogP) is 1.74. The van der Waals surface area contributed by atoms with Crippen LogP contribution in [0.5, 0.6) is 5.75 Å². The van der Waals surface area contributed by atoms with Crippen molar-refractivity contribution in [1.29, 1.82) is 0 Å². The number of hydrogen-bond donors (Lipinski definition) is 2. The number of carbonyl (C=O) groups is 3. The van der Waals surface area contributed by atoms with Gasteiger partial charge < -0.3 is 25.2 Å². The molecule has 0 radical (unpaired) electrons. The molecule has 2 aromatic rings. The van der Waals surface area contributed by atoms with Crippen molar-refractivity contribution in [2.45, 2.75) is 25.8 Å². The third-order valence-corrected chi connectivity index (χ3v) is 6.87. The lowest BCUT2D eigenvalue weighted by molar-refractivity contribution is -0.145. The van der Waals surface area contributed by atoms with Crippen LogP contribution in [0.3, 0.4) is 0 Å². The standard InChI is InChI=1S/C27H35N5O4/c1-3-20-6-4-5-7-23(20)29-25(33)18-24-27(35)28-12-13-32(24)26(34)19-30-14-16-31(17-15-30)21-8-10-22(36-2)11-9-21/h4-11,24H,3,12-19H2,1-2H3,(H,28,35)(H,29,33). The predicted molar refractivity (Wildman–Crippen MR) is 139 cm³/mol. The Labute approximate surface area is 212 Å². The number of nitrogens with zero attached hydrogens (tertiary/aromatic N) is 3. The highest BCUT2D eigenvalue weighted by molar-refractivity contribution is 5.98. The third kappa shape index (κ3) is 6.15. The summed E-state index contributed by atoms with van der Waals surface area (Å²) in [6.07, 6.45) is 0.720. The molecule has 9 nitrogen and oxygen atoms in total. The fourth-order valence-corrected chi connectivity index (χ4v) is 4.78. The molecular formula is C27H35N5O4. The fraction of sp³-hybridized carbons (Fsp3) is 0.444. The van der Waals surface area contributed by atoms with Crippen LogP contribution >= 0.6 is 0 Å². The van der Waals surface area contributed by atoms with Gasteiger partial charge in [0, 0.05) is 50.6 Å². The van der Waals surface area contributed by atoms with Gasteiger partial charge in [0.05, 0.1) is 20.1 Å². The van der Waals surface area contributed by atoms with Crippen LogP contribution in [0.2, 0.25) is 0 Å². The molecule has 3 amide bonds. The average Bonchev–Trinajstić information content (AvgIpc) is 2.90. The van der Waals surface area contributed by atoms with E-state index >= 15 is 0 Å². The van der Waals surface area contributed by atoms with Crippen LogP contribution in [0, 0.1) is 0 Å². The second-order valence-corrected chi connectivity index (χ2v) is 9.12. The van der Waals surface area contributed by atoms with E-state index in [1.165, 1.54) is 0 Å². The quantitative estimate of drug-likeness (QED) is 0.582. The Kier molecular flexibility index (Phi) is 8.43. The van der Waals surface area contributed by atoms with Crippen molar-refractivity contribution >= 4 is 29.1 Å². The normalized spacial score (nSPS) is 18.5. The maximum absolute atomic E-state index is 13.2. The van der Waals surface area contributed by atoms with E-state index in [0.717, 1.165) is 55.3 Å². The molecule has 2 heterocycles. The first-order valence-corrected chi connectivity index (χ1v) is 12.5. The van der Waals surface area contributed by atoms with Gasteiger partial charge in [-0.2, -0.15) is 0 Å². The Balaban J connectivity index is 1.32. The number of para-hydroxylation sites is 1. The summed E-state index contributed by atoms with van der Waals surface area (Å²) >= 11 is 0. The molecule has 0 bridgehead atoms. The van der Waals surface area contributed by atoms with Crippen LogP contribution in [0.25, 0.3) is 0 Å². The van der Waals surface area contributed by atoms with E-state index in [0.29, 0.717) is 13.1 Å². The first kappa shape index (κ1) is 25.5. The summed E-state index contributed by atoms with van der Waals surface area (Å²) in [7, 11) is 1.65.